The molecule has 0 heterocycles. The van der Waals surface area contributed by atoms with Crippen molar-refractivity contribution < 1.29 is 0 Å². The molecule has 1 aliphatic carbocycles. The van der Waals surface area contributed by atoms with Crippen molar-refractivity contribution >= 4 is 18.5 Å². The first-order valence-electron chi connectivity index (χ1n) is 5.32. The largest absolute Gasteiger partial charge is 0.327 e. The van der Waals surface area contributed by atoms with Crippen LogP contribution in [0.3, 0.4) is 0 Å². The summed E-state index contributed by atoms with van der Waals surface area (Å²) >= 11 is 0. The van der Waals surface area contributed by atoms with E-state index in [1.165, 1.54) is 17.6 Å². The molecule has 1 saturated carbocycles. The van der Waals surface area contributed by atoms with Crippen molar-refractivity contribution in [3.05, 3.63) is 41.5 Å². The molecule has 0 saturated heterocycles. The summed E-state index contributed by atoms with van der Waals surface area (Å²) in [6.07, 6.45) is 4.58. The Kier molecular flexibility index (Phi) is 4.37. The summed E-state index contributed by atoms with van der Waals surface area (Å²) in [4.78, 5) is 0. The van der Waals surface area contributed by atoms with Crippen molar-refractivity contribution in [2.45, 2.75) is 25.8 Å². The van der Waals surface area contributed by atoms with Gasteiger partial charge >= 0.3 is 0 Å². The first-order chi connectivity index (χ1) is 6.81. The van der Waals surface area contributed by atoms with Crippen LogP contribution in [0.25, 0.3) is 6.08 Å². The molecule has 82 valence electrons. The minimum absolute atomic E-state index is 0. The maximum absolute atomic E-state index is 5.86. The third kappa shape index (κ3) is 3.08. The molecule has 0 unspecified atom stereocenters. The fourth-order valence-corrected chi connectivity index (χ4v) is 1.88. The maximum atomic E-state index is 5.86. The molecule has 0 spiro atoms. The lowest BCUT2D eigenvalue weighted by molar-refractivity contribution is 0.870. The average molecular weight is 224 g/mol. The number of nitrogens with two attached hydrogens (primary N) is 1. The summed E-state index contributed by atoms with van der Waals surface area (Å²) < 4.78 is 0. The van der Waals surface area contributed by atoms with E-state index < -0.39 is 0 Å². The van der Waals surface area contributed by atoms with Gasteiger partial charge in [0.25, 0.3) is 0 Å². The Morgan fingerprint density at radius 2 is 2.00 bits per heavy atom. The summed E-state index contributed by atoms with van der Waals surface area (Å²) in [6, 6.07) is 10.9. The molecule has 2 N–H and O–H groups in total. The van der Waals surface area contributed by atoms with Gasteiger partial charge in [0.1, 0.15) is 0 Å². The molecule has 0 aromatic heterocycles. The minimum Gasteiger partial charge on any atom is -0.327 e. The fraction of sp³-hybridized carbons (Fsp3) is 0.385. The molecule has 0 radical (unpaired) electrons. The van der Waals surface area contributed by atoms with E-state index in [1.807, 2.05) is 6.07 Å². The second-order valence-electron chi connectivity index (χ2n) is 3.99. The van der Waals surface area contributed by atoms with Crippen LogP contribution in [0, 0.1) is 5.92 Å². The van der Waals surface area contributed by atoms with Gasteiger partial charge < -0.3 is 5.73 Å². The zero-order valence-corrected chi connectivity index (χ0v) is 9.84. The molecular formula is C13H18ClN. The van der Waals surface area contributed by atoms with E-state index in [1.54, 1.807) is 0 Å². The normalized spacial score (nSPS) is 24.5. The van der Waals surface area contributed by atoms with E-state index in [-0.39, 0.29) is 12.4 Å². The predicted octanol–water partition coefficient (Wildman–Crippen LogP) is 3.25. The van der Waals surface area contributed by atoms with Gasteiger partial charge in [-0.1, -0.05) is 48.9 Å². The van der Waals surface area contributed by atoms with Gasteiger partial charge in [0.15, 0.2) is 0 Å². The summed E-state index contributed by atoms with van der Waals surface area (Å²) in [5.41, 5.74) is 8.65. The molecule has 2 atom stereocenters. The first kappa shape index (κ1) is 12.3. The monoisotopic (exact) mass is 223 g/mol. The third-order valence-corrected chi connectivity index (χ3v) is 2.88. The molecule has 0 amide bonds. The molecule has 2 heteroatoms. The topological polar surface area (TPSA) is 26.0 Å². The van der Waals surface area contributed by atoms with Gasteiger partial charge in [-0.3, -0.25) is 0 Å². The molecule has 1 aliphatic rings. The van der Waals surface area contributed by atoms with Crippen LogP contribution < -0.4 is 5.73 Å². The highest BCUT2D eigenvalue weighted by atomic mass is 35.5. The Labute approximate surface area is 97.8 Å². The van der Waals surface area contributed by atoms with E-state index in [0.717, 1.165) is 6.42 Å². The van der Waals surface area contributed by atoms with Crippen molar-refractivity contribution in [2.24, 2.45) is 11.7 Å². The second kappa shape index (κ2) is 5.34. The van der Waals surface area contributed by atoms with Crippen molar-refractivity contribution in [1.82, 2.24) is 0 Å². The van der Waals surface area contributed by atoms with Gasteiger partial charge in [-0.25, -0.2) is 0 Å². The fourth-order valence-electron chi connectivity index (χ4n) is 1.88. The summed E-state index contributed by atoms with van der Waals surface area (Å²) in [5, 5.41) is 0. The van der Waals surface area contributed by atoms with Crippen LogP contribution in [-0.2, 0) is 0 Å². The van der Waals surface area contributed by atoms with Gasteiger partial charge in [0, 0.05) is 6.04 Å². The van der Waals surface area contributed by atoms with Crippen molar-refractivity contribution in [3.8, 4) is 0 Å². The number of hydrogen-bond donors (Lipinski definition) is 1. The third-order valence-electron chi connectivity index (χ3n) is 2.88. The number of halogens is 1. The number of benzene rings is 1. The summed E-state index contributed by atoms with van der Waals surface area (Å²) in [5.74, 6) is 0.653. The Morgan fingerprint density at radius 3 is 2.47 bits per heavy atom. The highest BCUT2D eigenvalue weighted by molar-refractivity contribution is 5.85. The SMILES string of the molecule is CC/C(=C\c1ccccc1)[C@@H]1C[C@H]1N.Cl. The Balaban J connectivity index is 0.00000112. The summed E-state index contributed by atoms with van der Waals surface area (Å²) in [7, 11) is 0. The lowest BCUT2D eigenvalue weighted by Gasteiger charge is -2.02. The first-order valence-corrected chi connectivity index (χ1v) is 5.32. The van der Waals surface area contributed by atoms with Gasteiger partial charge in [-0.2, -0.15) is 0 Å². The predicted molar refractivity (Wildman–Crippen MR) is 68.0 cm³/mol. The number of hydrogen-bond acceptors (Lipinski definition) is 1. The van der Waals surface area contributed by atoms with E-state index in [0.29, 0.717) is 12.0 Å². The van der Waals surface area contributed by atoms with Crippen LogP contribution in [0.15, 0.2) is 35.9 Å². The molecule has 1 nitrogen and oxygen atoms in total. The molecular weight excluding hydrogens is 206 g/mol. The molecule has 1 aromatic rings. The quantitative estimate of drug-likeness (QED) is 0.837. The van der Waals surface area contributed by atoms with Crippen molar-refractivity contribution in [2.75, 3.05) is 0 Å². The molecule has 15 heavy (non-hydrogen) atoms. The van der Waals surface area contributed by atoms with Crippen LogP contribution in [0.1, 0.15) is 25.3 Å². The van der Waals surface area contributed by atoms with Crippen molar-refractivity contribution in [1.29, 1.82) is 0 Å². The van der Waals surface area contributed by atoms with Crippen LogP contribution in [0.2, 0.25) is 0 Å². The van der Waals surface area contributed by atoms with Crippen LogP contribution in [0.4, 0.5) is 0 Å². The molecule has 0 bridgehead atoms. The van der Waals surface area contributed by atoms with Gasteiger partial charge in [0.2, 0.25) is 0 Å². The minimum atomic E-state index is 0. The average Bonchev–Trinajstić information content (AvgIpc) is 2.93. The van der Waals surface area contributed by atoms with Gasteiger partial charge in [0.05, 0.1) is 0 Å². The van der Waals surface area contributed by atoms with Gasteiger partial charge in [-0.15, -0.1) is 12.4 Å². The molecule has 1 fully saturated rings. The van der Waals surface area contributed by atoms with E-state index in [2.05, 4.69) is 37.3 Å². The smallest absolute Gasteiger partial charge is 0.0112 e. The highest BCUT2D eigenvalue weighted by Crippen LogP contribution is 2.37. The zero-order valence-electron chi connectivity index (χ0n) is 9.02. The van der Waals surface area contributed by atoms with E-state index in [9.17, 15) is 0 Å². The van der Waals surface area contributed by atoms with Crippen molar-refractivity contribution in [3.63, 3.8) is 0 Å². The van der Waals surface area contributed by atoms with E-state index in [4.69, 9.17) is 5.73 Å². The standard InChI is InChI=1S/C13H17N.ClH/c1-2-11(12-9-13(12)14)8-10-6-4-3-5-7-10;/h3-8,12-13H,2,9,14H2,1H3;1H/b11-8+;/t12-,13+;/m0./s1. The lowest BCUT2D eigenvalue weighted by atomic mass is 10.0. The van der Waals surface area contributed by atoms with E-state index >= 15 is 0 Å². The highest BCUT2D eigenvalue weighted by Gasteiger charge is 2.35. The molecule has 1 aromatic carbocycles. The van der Waals surface area contributed by atoms with Crippen LogP contribution in [0.5, 0.6) is 0 Å². The Morgan fingerprint density at radius 1 is 1.40 bits per heavy atom. The molecule has 2 rings (SSSR count). The zero-order chi connectivity index (χ0) is 9.97. The molecule has 0 aliphatic heterocycles. The second-order valence-corrected chi connectivity index (χ2v) is 3.99. The van der Waals surface area contributed by atoms with Gasteiger partial charge in [-0.05, 0) is 24.3 Å². The summed E-state index contributed by atoms with van der Waals surface area (Å²) in [6.45, 7) is 2.21. The number of rotatable bonds is 3. The van der Waals surface area contributed by atoms with Crippen LogP contribution >= 0.6 is 12.4 Å². The Hall–Kier alpha value is -0.790. The maximum Gasteiger partial charge on any atom is 0.0112 e. The lowest BCUT2D eigenvalue weighted by Crippen LogP contribution is -2.03. The Bertz CT molecular complexity index is 332. The van der Waals surface area contributed by atoms with Crippen LogP contribution in [-0.4, -0.2) is 6.04 Å².